The first-order chi connectivity index (χ1) is 18.0. The molecule has 1 amide bonds. The summed E-state index contributed by atoms with van der Waals surface area (Å²) in [7, 11) is 7.65. The molecule has 1 aliphatic heterocycles. The SMILES string of the molecule is CNCCCN(C)c1ncnc2c1/C(=C/Nc1ccc(OC)c(CN(C)CCCCCC=O)c1)C(=O)N2. The van der Waals surface area contributed by atoms with Gasteiger partial charge in [-0.15, -0.1) is 0 Å². The maximum atomic E-state index is 12.8. The van der Waals surface area contributed by atoms with E-state index < -0.39 is 0 Å². The van der Waals surface area contributed by atoms with E-state index >= 15 is 0 Å². The zero-order chi connectivity index (χ0) is 26.6. The van der Waals surface area contributed by atoms with E-state index in [0.29, 0.717) is 23.4 Å². The van der Waals surface area contributed by atoms with Gasteiger partial charge >= 0.3 is 0 Å². The van der Waals surface area contributed by atoms with Crippen molar-refractivity contribution in [1.82, 2.24) is 20.2 Å². The third-order valence-corrected chi connectivity index (χ3v) is 6.32. The first-order valence-corrected chi connectivity index (χ1v) is 12.8. The molecule has 0 saturated carbocycles. The molecule has 3 rings (SSSR count). The number of carbonyl (C=O) groups is 2. The Morgan fingerprint density at radius 3 is 2.70 bits per heavy atom. The van der Waals surface area contributed by atoms with E-state index in [4.69, 9.17) is 4.74 Å². The lowest BCUT2D eigenvalue weighted by Crippen LogP contribution is -2.24. The fraction of sp³-hybridized carbons (Fsp3) is 0.481. The summed E-state index contributed by atoms with van der Waals surface area (Å²) in [5.74, 6) is 1.84. The first kappa shape index (κ1) is 28.1. The zero-order valence-corrected chi connectivity index (χ0v) is 22.3. The van der Waals surface area contributed by atoms with Gasteiger partial charge in [-0.3, -0.25) is 4.79 Å². The summed E-state index contributed by atoms with van der Waals surface area (Å²) < 4.78 is 5.58. The van der Waals surface area contributed by atoms with E-state index in [2.05, 4.69) is 37.9 Å². The minimum Gasteiger partial charge on any atom is -0.496 e. The fourth-order valence-electron chi connectivity index (χ4n) is 4.34. The largest absolute Gasteiger partial charge is 0.496 e. The Hall–Kier alpha value is -3.50. The van der Waals surface area contributed by atoms with Gasteiger partial charge in [-0.2, -0.15) is 0 Å². The van der Waals surface area contributed by atoms with Crippen LogP contribution in [0, 0.1) is 0 Å². The first-order valence-electron chi connectivity index (χ1n) is 12.8. The number of aromatic nitrogens is 2. The number of unbranched alkanes of at least 4 members (excludes halogenated alkanes) is 3. The quantitative estimate of drug-likeness (QED) is 0.178. The molecule has 0 bridgehead atoms. The molecule has 0 unspecified atom stereocenters. The summed E-state index contributed by atoms with van der Waals surface area (Å²) in [6.07, 6.45) is 8.77. The van der Waals surface area contributed by atoms with Crippen LogP contribution in [0.2, 0.25) is 0 Å². The fourth-order valence-corrected chi connectivity index (χ4v) is 4.34. The van der Waals surface area contributed by atoms with Crippen LogP contribution in [-0.2, 0) is 16.1 Å². The predicted octanol–water partition coefficient (Wildman–Crippen LogP) is 3.13. The summed E-state index contributed by atoms with van der Waals surface area (Å²) in [6, 6.07) is 5.90. The number of rotatable bonds is 16. The van der Waals surface area contributed by atoms with Crippen LogP contribution in [0.25, 0.3) is 5.57 Å². The molecular weight excluding hydrogens is 470 g/mol. The topological polar surface area (TPSA) is 112 Å². The van der Waals surface area contributed by atoms with Crippen molar-refractivity contribution in [3.63, 3.8) is 0 Å². The van der Waals surface area contributed by atoms with Crippen molar-refractivity contribution in [1.29, 1.82) is 0 Å². The lowest BCUT2D eigenvalue weighted by Gasteiger charge is -2.20. The Morgan fingerprint density at radius 1 is 1.11 bits per heavy atom. The van der Waals surface area contributed by atoms with E-state index in [0.717, 1.165) is 81.0 Å². The number of hydrogen-bond acceptors (Lipinski definition) is 9. The van der Waals surface area contributed by atoms with Crippen molar-refractivity contribution in [2.24, 2.45) is 0 Å². The van der Waals surface area contributed by atoms with Crippen molar-refractivity contribution < 1.29 is 14.3 Å². The summed E-state index contributed by atoms with van der Waals surface area (Å²) in [5, 5.41) is 9.30. The molecule has 37 heavy (non-hydrogen) atoms. The van der Waals surface area contributed by atoms with E-state index in [1.54, 1.807) is 13.3 Å². The van der Waals surface area contributed by atoms with E-state index in [9.17, 15) is 9.59 Å². The van der Waals surface area contributed by atoms with Crippen molar-refractivity contribution >= 4 is 35.1 Å². The Bertz CT molecular complexity index is 1090. The van der Waals surface area contributed by atoms with Crippen LogP contribution in [-0.4, -0.2) is 74.9 Å². The van der Waals surface area contributed by atoms with Crippen LogP contribution in [0.1, 0.15) is 43.2 Å². The van der Waals surface area contributed by atoms with Gasteiger partial charge in [0.15, 0.2) is 0 Å². The summed E-state index contributed by atoms with van der Waals surface area (Å²) >= 11 is 0. The number of amides is 1. The number of methoxy groups -OCH3 is 1. The minimum absolute atomic E-state index is 0.212. The van der Waals surface area contributed by atoms with Gasteiger partial charge in [0, 0.05) is 44.0 Å². The molecule has 3 N–H and O–H groups in total. The lowest BCUT2D eigenvalue weighted by molar-refractivity contribution is -0.111. The average molecular weight is 510 g/mol. The van der Waals surface area contributed by atoms with Gasteiger partial charge in [-0.05, 0) is 64.6 Å². The van der Waals surface area contributed by atoms with E-state index in [-0.39, 0.29) is 5.91 Å². The van der Waals surface area contributed by atoms with Gasteiger partial charge in [0.2, 0.25) is 0 Å². The Kier molecular flexibility index (Phi) is 10.8. The standard InChI is InChI=1S/C27H39N7O3/c1-28-12-9-14-34(3)26-24-22(27(36)32-25(24)30-19-31-26)17-29-21-10-11-23(37-4)20(16-21)18-33(2)13-7-5-6-8-15-35/h10-11,15-17,19,28-29H,5-9,12-14,18H2,1-4H3,(H,30,31,32,36)/b22-17-. The molecule has 200 valence electrons. The number of nitrogens with zero attached hydrogens (tertiary/aromatic N) is 4. The van der Waals surface area contributed by atoms with Gasteiger partial charge in [-0.25, -0.2) is 9.97 Å². The highest BCUT2D eigenvalue weighted by molar-refractivity contribution is 6.32. The molecular formula is C27H39N7O3. The van der Waals surface area contributed by atoms with Crippen LogP contribution in [0.5, 0.6) is 5.75 Å². The van der Waals surface area contributed by atoms with E-state index in [1.807, 2.05) is 37.2 Å². The molecule has 10 heteroatoms. The number of carbonyl (C=O) groups excluding carboxylic acids is 2. The van der Waals surface area contributed by atoms with Crippen molar-refractivity contribution in [2.45, 2.75) is 38.6 Å². The molecule has 10 nitrogen and oxygen atoms in total. The molecule has 0 aliphatic carbocycles. The normalized spacial score (nSPS) is 13.5. The van der Waals surface area contributed by atoms with E-state index in [1.165, 1.54) is 6.33 Å². The summed E-state index contributed by atoms with van der Waals surface area (Å²) in [6.45, 7) is 3.35. The molecule has 0 saturated heterocycles. The molecule has 1 aliphatic rings. The van der Waals surface area contributed by atoms with Crippen molar-refractivity contribution in [2.75, 3.05) is 63.4 Å². The van der Waals surface area contributed by atoms with Crippen LogP contribution in [0.15, 0.2) is 30.7 Å². The minimum atomic E-state index is -0.212. The molecule has 1 aromatic heterocycles. The van der Waals surface area contributed by atoms with Crippen molar-refractivity contribution in [3.8, 4) is 5.75 Å². The van der Waals surface area contributed by atoms with Gasteiger partial charge in [0.1, 0.15) is 30.0 Å². The molecule has 2 aromatic rings. The third kappa shape index (κ3) is 7.74. The maximum Gasteiger partial charge on any atom is 0.259 e. The number of benzene rings is 1. The second-order valence-corrected chi connectivity index (χ2v) is 9.24. The van der Waals surface area contributed by atoms with Gasteiger partial charge in [-0.1, -0.05) is 6.42 Å². The molecule has 2 heterocycles. The number of aldehydes is 1. The van der Waals surface area contributed by atoms with Crippen molar-refractivity contribution in [3.05, 3.63) is 41.9 Å². The maximum absolute atomic E-state index is 12.8. The number of nitrogens with one attached hydrogen (secondary N) is 3. The summed E-state index contributed by atoms with van der Waals surface area (Å²) in [4.78, 5) is 36.3. The molecule has 0 fully saturated rings. The molecule has 0 spiro atoms. The smallest absolute Gasteiger partial charge is 0.259 e. The van der Waals surface area contributed by atoms with Gasteiger partial charge in [0.05, 0.1) is 18.2 Å². The summed E-state index contributed by atoms with van der Waals surface area (Å²) in [5.41, 5.74) is 3.10. The van der Waals surface area contributed by atoms with Crippen LogP contribution >= 0.6 is 0 Å². The highest BCUT2D eigenvalue weighted by Gasteiger charge is 2.30. The Morgan fingerprint density at radius 2 is 1.95 bits per heavy atom. The molecule has 0 radical (unpaired) electrons. The second-order valence-electron chi connectivity index (χ2n) is 9.24. The zero-order valence-electron chi connectivity index (χ0n) is 22.3. The number of anilines is 3. The highest BCUT2D eigenvalue weighted by Crippen LogP contribution is 2.36. The molecule has 0 atom stereocenters. The number of ether oxygens (including phenoxy) is 1. The van der Waals surface area contributed by atoms with Crippen LogP contribution < -0.4 is 25.6 Å². The Labute approximate surface area is 219 Å². The molecule has 1 aromatic carbocycles. The lowest BCUT2D eigenvalue weighted by atomic mass is 10.1. The monoisotopic (exact) mass is 509 g/mol. The van der Waals surface area contributed by atoms with Crippen LogP contribution in [0.4, 0.5) is 17.3 Å². The highest BCUT2D eigenvalue weighted by atomic mass is 16.5. The number of fused-ring (bicyclic) bond motifs is 1. The van der Waals surface area contributed by atoms with Gasteiger partial charge in [0.25, 0.3) is 5.91 Å². The van der Waals surface area contributed by atoms with Crippen LogP contribution in [0.3, 0.4) is 0 Å². The van der Waals surface area contributed by atoms with Gasteiger partial charge < -0.3 is 35.3 Å². The Balaban J connectivity index is 1.74. The second kappa shape index (κ2) is 14.3. The number of hydrogen-bond donors (Lipinski definition) is 3. The third-order valence-electron chi connectivity index (χ3n) is 6.32. The predicted molar refractivity (Wildman–Crippen MR) is 148 cm³/mol. The average Bonchev–Trinajstić information content (AvgIpc) is 3.22.